The van der Waals surface area contributed by atoms with Crippen LogP contribution in [0.1, 0.15) is 61.6 Å². The molecule has 1 saturated heterocycles. The lowest BCUT2D eigenvalue weighted by Crippen LogP contribution is -2.41. The number of nitrogens with zero attached hydrogens (tertiary/aromatic N) is 2. The number of anilines is 1. The summed E-state index contributed by atoms with van der Waals surface area (Å²) in [5, 5.41) is 1.26. The van der Waals surface area contributed by atoms with Gasteiger partial charge in [0.05, 0.1) is 5.69 Å². The molecule has 0 amide bonds. The van der Waals surface area contributed by atoms with E-state index in [1.807, 2.05) is 11.3 Å². The predicted molar refractivity (Wildman–Crippen MR) is 84.3 cm³/mol. The summed E-state index contributed by atoms with van der Waals surface area (Å²) in [6, 6.07) is 0.191. The van der Waals surface area contributed by atoms with Crippen molar-refractivity contribution < 1.29 is 0 Å². The third-order valence-electron chi connectivity index (χ3n) is 5.55. The topological polar surface area (TPSA) is 42.1 Å². The van der Waals surface area contributed by atoms with Crippen molar-refractivity contribution in [1.29, 1.82) is 0 Å². The van der Waals surface area contributed by atoms with Crippen LogP contribution in [-0.2, 0) is 6.42 Å². The van der Waals surface area contributed by atoms with Gasteiger partial charge in [0.2, 0.25) is 0 Å². The SMILES string of the molecule is NC1CCCc2sc(N3CCC4CCCCC4C3)nc21. The average molecular weight is 291 g/mol. The number of thiazole rings is 1. The van der Waals surface area contributed by atoms with Crippen molar-refractivity contribution in [1.82, 2.24) is 4.98 Å². The van der Waals surface area contributed by atoms with E-state index in [1.54, 1.807) is 0 Å². The van der Waals surface area contributed by atoms with Crippen LogP contribution in [0, 0.1) is 11.8 Å². The Morgan fingerprint density at radius 3 is 2.75 bits per heavy atom. The first-order valence-corrected chi connectivity index (χ1v) is 9.13. The van der Waals surface area contributed by atoms with Crippen LogP contribution >= 0.6 is 11.3 Å². The molecule has 4 heteroatoms. The van der Waals surface area contributed by atoms with E-state index in [4.69, 9.17) is 10.7 Å². The summed E-state index contributed by atoms with van der Waals surface area (Å²) >= 11 is 1.92. The van der Waals surface area contributed by atoms with Crippen molar-refractivity contribution in [3.05, 3.63) is 10.6 Å². The van der Waals surface area contributed by atoms with Gasteiger partial charge in [0.1, 0.15) is 0 Å². The summed E-state index contributed by atoms with van der Waals surface area (Å²) in [4.78, 5) is 8.93. The van der Waals surface area contributed by atoms with Crippen LogP contribution in [0.3, 0.4) is 0 Å². The Kier molecular flexibility index (Phi) is 3.47. The first kappa shape index (κ1) is 13.1. The van der Waals surface area contributed by atoms with Crippen LogP contribution in [0.5, 0.6) is 0 Å². The molecule has 1 aromatic rings. The molecule has 0 aromatic carbocycles. The van der Waals surface area contributed by atoms with E-state index in [0.29, 0.717) is 0 Å². The smallest absolute Gasteiger partial charge is 0.185 e. The van der Waals surface area contributed by atoms with Crippen molar-refractivity contribution in [2.45, 2.75) is 57.4 Å². The van der Waals surface area contributed by atoms with Crippen LogP contribution in [0.2, 0.25) is 0 Å². The molecule has 2 aliphatic carbocycles. The number of aryl methyl sites for hydroxylation is 1. The van der Waals surface area contributed by atoms with Crippen LogP contribution in [0.15, 0.2) is 0 Å². The molecule has 2 N–H and O–H groups in total. The van der Waals surface area contributed by atoms with E-state index in [-0.39, 0.29) is 6.04 Å². The lowest BCUT2D eigenvalue weighted by molar-refractivity contribution is 0.202. The number of nitrogens with two attached hydrogens (primary N) is 1. The first-order valence-electron chi connectivity index (χ1n) is 8.31. The lowest BCUT2D eigenvalue weighted by Gasteiger charge is -2.41. The maximum absolute atomic E-state index is 6.22. The van der Waals surface area contributed by atoms with Gasteiger partial charge in [-0.3, -0.25) is 0 Å². The van der Waals surface area contributed by atoms with Crippen molar-refractivity contribution in [2.75, 3.05) is 18.0 Å². The maximum Gasteiger partial charge on any atom is 0.185 e. The second-order valence-electron chi connectivity index (χ2n) is 6.84. The van der Waals surface area contributed by atoms with Crippen LogP contribution in [0.25, 0.3) is 0 Å². The molecule has 0 bridgehead atoms. The fourth-order valence-corrected chi connectivity index (χ4v) is 5.56. The summed E-state index contributed by atoms with van der Waals surface area (Å²) in [6.07, 6.45) is 10.7. The van der Waals surface area contributed by atoms with Crippen LogP contribution in [0.4, 0.5) is 5.13 Å². The fraction of sp³-hybridized carbons (Fsp3) is 0.812. The molecular formula is C16H25N3S. The highest BCUT2D eigenvalue weighted by Crippen LogP contribution is 2.40. The summed E-state index contributed by atoms with van der Waals surface area (Å²) in [5.74, 6) is 1.92. The van der Waals surface area contributed by atoms with Gasteiger partial charge in [-0.1, -0.05) is 19.3 Å². The normalized spacial score (nSPS) is 33.6. The van der Waals surface area contributed by atoms with Gasteiger partial charge < -0.3 is 10.6 Å². The molecule has 0 radical (unpaired) electrons. The largest absolute Gasteiger partial charge is 0.348 e. The highest BCUT2D eigenvalue weighted by molar-refractivity contribution is 7.15. The van der Waals surface area contributed by atoms with Crippen LogP contribution in [-0.4, -0.2) is 18.1 Å². The van der Waals surface area contributed by atoms with E-state index < -0.39 is 0 Å². The highest BCUT2D eigenvalue weighted by atomic mass is 32.1. The van der Waals surface area contributed by atoms with Gasteiger partial charge in [-0.2, -0.15) is 0 Å². The summed E-state index contributed by atoms with van der Waals surface area (Å²) in [5.41, 5.74) is 7.43. The zero-order valence-corrected chi connectivity index (χ0v) is 13.0. The van der Waals surface area contributed by atoms with Crippen molar-refractivity contribution in [3.8, 4) is 0 Å². The van der Waals surface area contributed by atoms with Gasteiger partial charge in [0.25, 0.3) is 0 Å². The standard InChI is InChI=1S/C16H25N3S/c17-13-6-3-7-14-15(13)18-16(20-14)19-9-8-11-4-1-2-5-12(11)10-19/h11-13H,1-10,17H2. The number of rotatable bonds is 1. The average Bonchev–Trinajstić information content (AvgIpc) is 2.92. The van der Waals surface area contributed by atoms with Crippen molar-refractivity contribution in [3.63, 3.8) is 0 Å². The van der Waals surface area contributed by atoms with E-state index in [1.165, 1.54) is 73.7 Å². The number of piperidine rings is 1. The molecule has 1 aromatic heterocycles. The summed E-state index contributed by atoms with van der Waals surface area (Å²) in [6.45, 7) is 2.45. The fourth-order valence-electron chi connectivity index (χ4n) is 4.35. The number of hydrogen-bond acceptors (Lipinski definition) is 4. The van der Waals surface area contributed by atoms with Gasteiger partial charge in [-0.25, -0.2) is 4.98 Å². The molecule has 3 aliphatic rings. The molecule has 1 saturated carbocycles. The van der Waals surface area contributed by atoms with Gasteiger partial charge in [0, 0.05) is 24.0 Å². The number of fused-ring (bicyclic) bond motifs is 2. The first-order chi connectivity index (χ1) is 9.81. The molecule has 3 nitrogen and oxygen atoms in total. The van der Waals surface area contributed by atoms with E-state index in [0.717, 1.165) is 18.3 Å². The zero-order chi connectivity index (χ0) is 13.5. The van der Waals surface area contributed by atoms with E-state index in [2.05, 4.69) is 4.90 Å². The Morgan fingerprint density at radius 2 is 1.90 bits per heavy atom. The minimum absolute atomic E-state index is 0.191. The predicted octanol–water partition coefficient (Wildman–Crippen LogP) is 3.50. The molecular weight excluding hydrogens is 266 g/mol. The van der Waals surface area contributed by atoms with E-state index in [9.17, 15) is 0 Å². The van der Waals surface area contributed by atoms with Gasteiger partial charge in [-0.05, 0) is 43.9 Å². The van der Waals surface area contributed by atoms with Gasteiger partial charge in [0.15, 0.2) is 5.13 Å². The van der Waals surface area contributed by atoms with Crippen LogP contribution < -0.4 is 10.6 Å². The molecule has 20 heavy (non-hydrogen) atoms. The Bertz CT molecular complexity index is 484. The highest BCUT2D eigenvalue weighted by Gasteiger charge is 2.33. The number of aromatic nitrogens is 1. The monoisotopic (exact) mass is 291 g/mol. The Hall–Kier alpha value is -0.610. The Labute approximate surface area is 125 Å². The third-order valence-corrected chi connectivity index (χ3v) is 6.74. The number of hydrogen-bond donors (Lipinski definition) is 1. The molecule has 0 spiro atoms. The molecule has 2 heterocycles. The molecule has 4 rings (SSSR count). The summed E-state index contributed by atoms with van der Waals surface area (Å²) in [7, 11) is 0. The molecule has 110 valence electrons. The van der Waals surface area contributed by atoms with Crippen molar-refractivity contribution in [2.24, 2.45) is 17.6 Å². The molecule has 1 aliphatic heterocycles. The van der Waals surface area contributed by atoms with E-state index >= 15 is 0 Å². The van der Waals surface area contributed by atoms with Gasteiger partial charge >= 0.3 is 0 Å². The summed E-state index contributed by atoms with van der Waals surface area (Å²) < 4.78 is 0. The molecule has 3 unspecified atom stereocenters. The minimum atomic E-state index is 0.191. The Morgan fingerprint density at radius 1 is 1.05 bits per heavy atom. The third kappa shape index (κ3) is 2.27. The Balaban J connectivity index is 1.53. The second-order valence-corrected chi connectivity index (χ2v) is 7.90. The molecule has 3 atom stereocenters. The zero-order valence-electron chi connectivity index (χ0n) is 12.2. The second kappa shape index (κ2) is 5.30. The van der Waals surface area contributed by atoms with Crippen molar-refractivity contribution >= 4 is 16.5 Å². The van der Waals surface area contributed by atoms with Gasteiger partial charge in [-0.15, -0.1) is 11.3 Å². The molecule has 2 fully saturated rings. The lowest BCUT2D eigenvalue weighted by atomic mass is 9.75. The quantitative estimate of drug-likeness (QED) is 0.861. The maximum atomic E-state index is 6.22. The minimum Gasteiger partial charge on any atom is -0.348 e.